The molecule has 4 nitrogen and oxygen atoms in total. The Labute approximate surface area is 122 Å². The zero-order chi connectivity index (χ0) is 15.0. The van der Waals surface area contributed by atoms with Crippen molar-refractivity contribution in [3.05, 3.63) is 29.8 Å². The molecule has 0 heterocycles. The van der Waals surface area contributed by atoms with E-state index in [0.29, 0.717) is 5.69 Å². The van der Waals surface area contributed by atoms with Crippen LogP contribution in [0.3, 0.4) is 0 Å². The van der Waals surface area contributed by atoms with Crippen LogP contribution in [0.2, 0.25) is 0 Å². The van der Waals surface area contributed by atoms with E-state index in [4.69, 9.17) is 5.73 Å². The summed E-state index contributed by atoms with van der Waals surface area (Å²) >= 11 is 0. The number of hydrogen-bond donors (Lipinski definition) is 2. The van der Waals surface area contributed by atoms with E-state index in [-0.39, 0.29) is 11.8 Å². The summed E-state index contributed by atoms with van der Waals surface area (Å²) < 4.78 is 0. The third kappa shape index (κ3) is 5.21. The van der Waals surface area contributed by atoms with Gasteiger partial charge in [-0.2, -0.15) is 0 Å². The van der Waals surface area contributed by atoms with Crippen molar-refractivity contribution >= 4 is 11.6 Å². The van der Waals surface area contributed by atoms with Crippen LogP contribution in [-0.2, 0) is 4.79 Å². The normalized spacial score (nSPS) is 12.4. The largest absolute Gasteiger partial charge is 0.399 e. The number of hydrogen-bond acceptors (Lipinski definition) is 3. The minimum atomic E-state index is -0.160. The Morgan fingerprint density at radius 3 is 2.65 bits per heavy atom. The highest BCUT2D eigenvalue weighted by Gasteiger charge is 2.14. The SMILES string of the molecule is CCN(CC)CCCNC(=O)C(C)c1cccc(N)c1. The lowest BCUT2D eigenvalue weighted by Crippen LogP contribution is -2.32. The van der Waals surface area contributed by atoms with Crippen LogP contribution in [0.25, 0.3) is 0 Å². The van der Waals surface area contributed by atoms with Gasteiger partial charge in [-0.05, 0) is 50.7 Å². The van der Waals surface area contributed by atoms with Crippen molar-refractivity contribution in [1.29, 1.82) is 0 Å². The fourth-order valence-electron chi connectivity index (χ4n) is 2.19. The number of nitrogen functional groups attached to an aromatic ring is 1. The van der Waals surface area contributed by atoms with Gasteiger partial charge in [-0.25, -0.2) is 0 Å². The molecule has 4 heteroatoms. The van der Waals surface area contributed by atoms with Gasteiger partial charge in [-0.3, -0.25) is 4.79 Å². The highest BCUT2D eigenvalue weighted by Crippen LogP contribution is 2.17. The van der Waals surface area contributed by atoms with Gasteiger partial charge >= 0.3 is 0 Å². The Hall–Kier alpha value is -1.55. The molecule has 1 aromatic carbocycles. The van der Waals surface area contributed by atoms with Crippen LogP contribution < -0.4 is 11.1 Å². The number of benzene rings is 1. The Kier molecular flexibility index (Phi) is 7.09. The molecule has 0 aliphatic rings. The Bertz CT molecular complexity index is 416. The molecule has 0 fully saturated rings. The highest BCUT2D eigenvalue weighted by atomic mass is 16.1. The zero-order valence-corrected chi connectivity index (χ0v) is 12.9. The number of amides is 1. The average Bonchev–Trinajstić information content (AvgIpc) is 2.46. The molecule has 0 aliphatic heterocycles. The number of carbonyl (C=O) groups excluding carboxylic acids is 1. The lowest BCUT2D eigenvalue weighted by Gasteiger charge is -2.18. The minimum absolute atomic E-state index is 0.0650. The van der Waals surface area contributed by atoms with E-state index in [1.807, 2.05) is 31.2 Å². The first-order valence-electron chi connectivity index (χ1n) is 7.44. The highest BCUT2D eigenvalue weighted by molar-refractivity contribution is 5.83. The van der Waals surface area contributed by atoms with Gasteiger partial charge in [0.2, 0.25) is 5.91 Å². The van der Waals surface area contributed by atoms with Crippen LogP contribution in [0.1, 0.15) is 38.7 Å². The second kappa shape index (κ2) is 8.59. The maximum Gasteiger partial charge on any atom is 0.227 e. The number of anilines is 1. The molecule has 20 heavy (non-hydrogen) atoms. The summed E-state index contributed by atoms with van der Waals surface area (Å²) in [5.41, 5.74) is 7.41. The molecule has 1 aromatic rings. The second-order valence-corrected chi connectivity index (χ2v) is 5.06. The summed E-state index contributed by atoms with van der Waals surface area (Å²) in [6, 6.07) is 7.52. The van der Waals surface area contributed by atoms with Crippen LogP contribution in [0.4, 0.5) is 5.69 Å². The first kappa shape index (κ1) is 16.5. The molecule has 3 N–H and O–H groups in total. The lowest BCUT2D eigenvalue weighted by molar-refractivity contribution is -0.122. The first-order valence-corrected chi connectivity index (χ1v) is 7.44. The van der Waals surface area contributed by atoms with Crippen molar-refractivity contribution in [1.82, 2.24) is 10.2 Å². The average molecular weight is 277 g/mol. The maximum absolute atomic E-state index is 12.1. The monoisotopic (exact) mass is 277 g/mol. The minimum Gasteiger partial charge on any atom is -0.399 e. The van der Waals surface area contributed by atoms with Gasteiger partial charge in [0.25, 0.3) is 0 Å². The smallest absolute Gasteiger partial charge is 0.227 e. The van der Waals surface area contributed by atoms with Crippen molar-refractivity contribution in [2.75, 3.05) is 31.9 Å². The van der Waals surface area contributed by atoms with Gasteiger partial charge in [0.15, 0.2) is 0 Å². The van der Waals surface area contributed by atoms with Crippen LogP contribution >= 0.6 is 0 Å². The van der Waals surface area contributed by atoms with Gasteiger partial charge in [0.1, 0.15) is 0 Å². The van der Waals surface area contributed by atoms with E-state index in [9.17, 15) is 4.79 Å². The number of nitrogens with two attached hydrogens (primary N) is 1. The number of carbonyl (C=O) groups is 1. The van der Waals surface area contributed by atoms with E-state index in [1.54, 1.807) is 0 Å². The second-order valence-electron chi connectivity index (χ2n) is 5.06. The van der Waals surface area contributed by atoms with Gasteiger partial charge in [0.05, 0.1) is 5.92 Å². The van der Waals surface area contributed by atoms with E-state index >= 15 is 0 Å². The summed E-state index contributed by atoms with van der Waals surface area (Å²) in [4.78, 5) is 14.4. The molecule has 0 saturated carbocycles. The summed E-state index contributed by atoms with van der Waals surface area (Å²) in [5.74, 6) is -0.0953. The quantitative estimate of drug-likeness (QED) is 0.566. The molecule has 112 valence electrons. The van der Waals surface area contributed by atoms with Crippen molar-refractivity contribution in [3.8, 4) is 0 Å². The molecule has 0 aliphatic carbocycles. The Morgan fingerprint density at radius 2 is 2.05 bits per heavy atom. The molecule has 0 spiro atoms. The van der Waals surface area contributed by atoms with Crippen molar-refractivity contribution < 1.29 is 4.79 Å². The molecule has 1 amide bonds. The van der Waals surface area contributed by atoms with Crippen molar-refractivity contribution in [2.45, 2.75) is 33.1 Å². The molecular weight excluding hydrogens is 250 g/mol. The molecule has 1 atom stereocenters. The predicted molar refractivity (Wildman–Crippen MR) is 84.7 cm³/mol. The van der Waals surface area contributed by atoms with Crippen LogP contribution in [0, 0.1) is 0 Å². The Morgan fingerprint density at radius 1 is 1.35 bits per heavy atom. The van der Waals surface area contributed by atoms with Gasteiger partial charge < -0.3 is 16.0 Å². The third-order valence-corrected chi connectivity index (χ3v) is 3.65. The van der Waals surface area contributed by atoms with Crippen LogP contribution in [0.15, 0.2) is 24.3 Å². The van der Waals surface area contributed by atoms with Gasteiger partial charge in [-0.15, -0.1) is 0 Å². The molecule has 0 bridgehead atoms. The van der Waals surface area contributed by atoms with E-state index in [2.05, 4.69) is 24.1 Å². The predicted octanol–water partition coefficient (Wildman–Crippen LogP) is 2.22. The number of rotatable bonds is 8. The van der Waals surface area contributed by atoms with Gasteiger partial charge in [0, 0.05) is 12.2 Å². The van der Waals surface area contributed by atoms with Crippen molar-refractivity contribution in [2.24, 2.45) is 0 Å². The third-order valence-electron chi connectivity index (χ3n) is 3.65. The van der Waals surface area contributed by atoms with E-state index in [1.165, 1.54) is 0 Å². The van der Waals surface area contributed by atoms with E-state index in [0.717, 1.165) is 38.2 Å². The lowest BCUT2D eigenvalue weighted by atomic mass is 10.00. The standard InChI is InChI=1S/C16H27N3O/c1-4-19(5-2)11-7-10-18-16(20)13(3)14-8-6-9-15(17)12-14/h6,8-9,12-13H,4-5,7,10-11,17H2,1-3H3,(H,18,20). The van der Waals surface area contributed by atoms with Crippen molar-refractivity contribution in [3.63, 3.8) is 0 Å². The molecule has 1 unspecified atom stereocenters. The number of nitrogens with zero attached hydrogens (tertiary/aromatic N) is 1. The maximum atomic E-state index is 12.1. The number of nitrogens with one attached hydrogen (secondary N) is 1. The van der Waals surface area contributed by atoms with Crippen LogP contribution in [0.5, 0.6) is 0 Å². The van der Waals surface area contributed by atoms with Gasteiger partial charge in [-0.1, -0.05) is 26.0 Å². The van der Waals surface area contributed by atoms with E-state index < -0.39 is 0 Å². The summed E-state index contributed by atoms with van der Waals surface area (Å²) in [7, 11) is 0. The molecule has 1 rings (SSSR count). The molecule has 0 radical (unpaired) electrons. The first-order chi connectivity index (χ1) is 9.58. The fourth-order valence-corrected chi connectivity index (χ4v) is 2.19. The van der Waals surface area contributed by atoms with Crippen LogP contribution in [-0.4, -0.2) is 37.0 Å². The summed E-state index contributed by atoms with van der Waals surface area (Å²) in [6.45, 7) is 10.1. The summed E-state index contributed by atoms with van der Waals surface area (Å²) in [6.07, 6.45) is 0.983. The Balaban J connectivity index is 2.35. The fraction of sp³-hybridized carbons (Fsp3) is 0.562. The summed E-state index contributed by atoms with van der Waals surface area (Å²) in [5, 5.41) is 3.00. The molecule has 0 saturated heterocycles. The molecule has 0 aromatic heterocycles. The molecular formula is C16H27N3O. The zero-order valence-electron chi connectivity index (χ0n) is 12.9. The topological polar surface area (TPSA) is 58.4 Å².